The SMILES string of the molecule is COC(=O)C[C@@H](O)c1cncnc1. The third-order valence-electron chi connectivity index (χ3n) is 1.55. The summed E-state index contributed by atoms with van der Waals surface area (Å²) in [5, 5.41) is 9.44. The van der Waals surface area contributed by atoms with Gasteiger partial charge in [0.1, 0.15) is 6.33 Å². The van der Waals surface area contributed by atoms with Crippen molar-refractivity contribution in [2.75, 3.05) is 7.11 Å². The molecular weight excluding hydrogens is 172 g/mol. The summed E-state index contributed by atoms with van der Waals surface area (Å²) in [5.41, 5.74) is 0.507. The molecule has 0 aliphatic heterocycles. The summed E-state index contributed by atoms with van der Waals surface area (Å²) in [6.07, 6.45) is 3.30. The van der Waals surface area contributed by atoms with Crippen molar-refractivity contribution in [2.24, 2.45) is 0 Å². The Kier molecular flexibility index (Phi) is 3.33. The third-order valence-corrected chi connectivity index (χ3v) is 1.55. The fourth-order valence-electron chi connectivity index (χ4n) is 0.842. The van der Waals surface area contributed by atoms with Crippen molar-refractivity contribution in [3.05, 3.63) is 24.3 Å². The molecule has 0 amide bonds. The minimum absolute atomic E-state index is 0.0795. The highest BCUT2D eigenvalue weighted by atomic mass is 16.5. The Morgan fingerprint density at radius 1 is 1.62 bits per heavy atom. The highest BCUT2D eigenvalue weighted by Gasteiger charge is 2.13. The van der Waals surface area contributed by atoms with Gasteiger partial charge in [0, 0.05) is 18.0 Å². The Bertz CT molecular complexity index is 276. The standard InChI is InChI=1S/C8H10N2O3/c1-13-8(12)2-7(11)6-3-9-5-10-4-6/h3-5,7,11H,2H2,1H3/t7-/m1/s1. The number of aliphatic hydroxyl groups excluding tert-OH is 1. The lowest BCUT2D eigenvalue weighted by atomic mass is 10.1. The van der Waals surface area contributed by atoms with Gasteiger partial charge in [0.25, 0.3) is 0 Å². The van der Waals surface area contributed by atoms with Gasteiger partial charge < -0.3 is 9.84 Å². The van der Waals surface area contributed by atoms with Gasteiger partial charge in [-0.1, -0.05) is 0 Å². The highest BCUT2D eigenvalue weighted by molar-refractivity contribution is 5.69. The van der Waals surface area contributed by atoms with E-state index >= 15 is 0 Å². The molecule has 1 heterocycles. The first kappa shape index (κ1) is 9.60. The topological polar surface area (TPSA) is 72.3 Å². The molecular formula is C8H10N2O3. The number of nitrogens with zero attached hydrogens (tertiary/aromatic N) is 2. The van der Waals surface area contributed by atoms with E-state index in [0.717, 1.165) is 0 Å². The molecule has 1 aromatic heterocycles. The molecule has 1 rings (SSSR count). The number of aromatic nitrogens is 2. The van der Waals surface area contributed by atoms with Crippen LogP contribution in [0.5, 0.6) is 0 Å². The average Bonchev–Trinajstić information content (AvgIpc) is 2.19. The number of aliphatic hydroxyl groups is 1. The first-order valence-corrected chi connectivity index (χ1v) is 3.74. The van der Waals surface area contributed by atoms with Crippen LogP contribution < -0.4 is 0 Å². The number of ether oxygens (including phenoxy) is 1. The molecule has 1 atom stereocenters. The van der Waals surface area contributed by atoms with Crippen LogP contribution in [0.1, 0.15) is 18.1 Å². The zero-order valence-corrected chi connectivity index (χ0v) is 7.17. The molecule has 1 aromatic rings. The molecule has 0 aliphatic rings. The molecule has 0 aliphatic carbocycles. The Hall–Kier alpha value is -1.49. The van der Waals surface area contributed by atoms with Crippen LogP contribution in [0.2, 0.25) is 0 Å². The second kappa shape index (κ2) is 4.51. The van der Waals surface area contributed by atoms with E-state index in [0.29, 0.717) is 5.56 Å². The molecule has 0 saturated carbocycles. The molecule has 0 radical (unpaired) electrons. The number of methoxy groups -OCH3 is 1. The van der Waals surface area contributed by atoms with E-state index in [1.54, 1.807) is 0 Å². The Morgan fingerprint density at radius 3 is 2.77 bits per heavy atom. The largest absolute Gasteiger partial charge is 0.469 e. The van der Waals surface area contributed by atoms with Crippen molar-refractivity contribution in [1.82, 2.24) is 9.97 Å². The summed E-state index contributed by atoms with van der Waals surface area (Å²) in [7, 11) is 1.27. The van der Waals surface area contributed by atoms with E-state index in [9.17, 15) is 9.90 Å². The van der Waals surface area contributed by atoms with E-state index < -0.39 is 12.1 Å². The van der Waals surface area contributed by atoms with Crippen LogP contribution in [0.25, 0.3) is 0 Å². The van der Waals surface area contributed by atoms with E-state index in [2.05, 4.69) is 14.7 Å². The molecule has 0 spiro atoms. The van der Waals surface area contributed by atoms with E-state index in [1.807, 2.05) is 0 Å². The predicted molar refractivity (Wildman–Crippen MR) is 43.6 cm³/mol. The van der Waals surface area contributed by atoms with Gasteiger partial charge in [0.15, 0.2) is 0 Å². The summed E-state index contributed by atoms with van der Waals surface area (Å²) in [6, 6.07) is 0. The number of rotatable bonds is 3. The molecule has 0 bridgehead atoms. The van der Waals surface area contributed by atoms with E-state index in [-0.39, 0.29) is 6.42 Å². The lowest BCUT2D eigenvalue weighted by Gasteiger charge is -2.07. The summed E-state index contributed by atoms with van der Waals surface area (Å²) >= 11 is 0. The molecule has 13 heavy (non-hydrogen) atoms. The number of hydrogen-bond donors (Lipinski definition) is 1. The van der Waals surface area contributed by atoms with Crippen LogP contribution in [-0.2, 0) is 9.53 Å². The van der Waals surface area contributed by atoms with Crippen molar-refractivity contribution in [2.45, 2.75) is 12.5 Å². The smallest absolute Gasteiger partial charge is 0.308 e. The van der Waals surface area contributed by atoms with Gasteiger partial charge in [-0.15, -0.1) is 0 Å². The van der Waals surface area contributed by atoms with Gasteiger partial charge in [-0.3, -0.25) is 4.79 Å². The maximum Gasteiger partial charge on any atom is 0.308 e. The zero-order valence-electron chi connectivity index (χ0n) is 7.17. The van der Waals surface area contributed by atoms with Gasteiger partial charge >= 0.3 is 5.97 Å². The summed E-state index contributed by atoms with van der Waals surface area (Å²) in [5.74, 6) is -0.462. The number of carbonyl (C=O) groups excluding carboxylic acids is 1. The minimum Gasteiger partial charge on any atom is -0.469 e. The van der Waals surface area contributed by atoms with Crippen LogP contribution in [0.3, 0.4) is 0 Å². The first-order chi connectivity index (χ1) is 6.24. The quantitative estimate of drug-likeness (QED) is 0.670. The number of esters is 1. The lowest BCUT2D eigenvalue weighted by Crippen LogP contribution is -2.08. The van der Waals surface area contributed by atoms with Crippen LogP contribution in [0.15, 0.2) is 18.7 Å². The number of carbonyl (C=O) groups is 1. The predicted octanol–water partition coefficient (Wildman–Crippen LogP) is 0.0731. The molecule has 0 saturated heterocycles. The second-order valence-corrected chi connectivity index (χ2v) is 2.47. The molecule has 0 fully saturated rings. The summed E-state index contributed by atoms with van der Waals surface area (Å²) in [4.78, 5) is 18.2. The van der Waals surface area contributed by atoms with Gasteiger partial charge in [0.2, 0.25) is 0 Å². The third kappa shape index (κ3) is 2.79. The van der Waals surface area contributed by atoms with Gasteiger partial charge in [-0.25, -0.2) is 9.97 Å². The first-order valence-electron chi connectivity index (χ1n) is 3.74. The van der Waals surface area contributed by atoms with Crippen molar-refractivity contribution in [3.8, 4) is 0 Å². The van der Waals surface area contributed by atoms with Crippen LogP contribution >= 0.6 is 0 Å². The minimum atomic E-state index is -0.895. The Labute approximate surface area is 75.4 Å². The van der Waals surface area contributed by atoms with Crippen LogP contribution in [0.4, 0.5) is 0 Å². The molecule has 1 N–H and O–H groups in total. The fraction of sp³-hybridized carbons (Fsp3) is 0.375. The second-order valence-electron chi connectivity index (χ2n) is 2.47. The maximum absolute atomic E-state index is 10.8. The average molecular weight is 182 g/mol. The van der Waals surface area contributed by atoms with Crippen LogP contribution in [0, 0.1) is 0 Å². The van der Waals surface area contributed by atoms with Gasteiger partial charge in [-0.2, -0.15) is 0 Å². The van der Waals surface area contributed by atoms with E-state index in [1.165, 1.54) is 25.8 Å². The maximum atomic E-state index is 10.8. The highest BCUT2D eigenvalue weighted by Crippen LogP contribution is 2.13. The summed E-state index contributed by atoms with van der Waals surface area (Å²) < 4.78 is 4.40. The van der Waals surface area contributed by atoms with Gasteiger partial charge in [0.05, 0.1) is 19.6 Å². The molecule has 70 valence electrons. The van der Waals surface area contributed by atoms with Crippen molar-refractivity contribution >= 4 is 5.97 Å². The summed E-state index contributed by atoms with van der Waals surface area (Å²) in [6.45, 7) is 0. The molecule has 5 heteroatoms. The Morgan fingerprint density at radius 2 is 2.23 bits per heavy atom. The van der Waals surface area contributed by atoms with Crippen molar-refractivity contribution in [3.63, 3.8) is 0 Å². The lowest BCUT2D eigenvalue weighted by molar-refractivity contribution is -0.142. The van der Waals surface area contributed by atoms with Gasteiger partial charge in [-0.05, 0) is 0 Å². The van der Waals surface area contributed by atoms with E-state index in [4.69, 9.17) is 0 Å². The van der Waals surface area contributed by atoms with Crippen molar-refractivity contribution < 1.29 is 14.6 Å². The Balaban J connectivity index is 2.59. The number of hydrogen-bond acceptors (Lipinski definition) is 5. The molecule has 0 unspecified atom stereocenters. The normalized spacial score (nSPS) is 12.2. The monoisotopic (exact) mass is 182 g/mol. The molecule has 5 nitrogen and oxygen atoms in total. The van der Waals surface area contributed by atoms with Crippen molar-refractivity contribution in [1.29, 1.82) is 0 Å². The fourth-order valence-corrected chi connectivity index (χ4v) is 0.842. The van der Waals surface area contributed by atoms with Crippen LogP contribution in [-0.4, -0.2) is 28.2 Å². The molecule has 0 aromatic carbocycles. The zero-order chi connectivity index (χ0) is 9.68.